The van der Waals surface area contributed by atoms with Gasteiger partial charge in [0.1, 0.15) is 0 Å². The molecule has 54 heavy (non-hydrogen) atoms. The molecule has 1 fully saturated rings. The van der Waals surface area contributed by atoms with Crippen LogP contribution in [0.2, 0.25) is 0 Å². The molecule has 0 aromatic rings. The number of aliphatic hydroxyl groups excluding tert-OH is 2. The summed E-state index contributed by atoms with van der Waals surface area (Å²) in [6, 6.07) is -1.71. The number of nitrogens with zero attached hydrogens (tertiary/aromatic N) is 1. The van der Waals surface area contributed by atoms with E-state index in [2.05, 4.69) is 15.4 Å². The van der Waals surface area contributed by atoms with Crippen LogP contribution in [0.3, 0.4) is 0 Å². The molecule has 1 aliphatic carbocycles. The number of alkyl carbamates (subject to hydrolysis) is 1. The third kappa shape index (κ3) is 9.05. The van der Waals surface area contributed by atoms with Gasteiger partial charge in [-0.25, -0.2) is 14.0 Å². The molecule has 0 heterocycles. The van der Waals surface area contributed by atoms with E-state index in [0.717, 1.165) is 4.90 Å². The summed E-state index contributed by atoms with van der Waals surface area (Å²) in [7, 11) is 0. The maximum absolute atomic E-state index is 14.2. The van der Waals surface area contributed by atoms with Crippen LogP contribution >= 0.6 is 0 Å². The average Bonchev–Trinajstić information content (AvgIpc) is 2.96. The summed E-state index contributed by atoms with van der Waals surface area (Å²) in [5, 5.41) is 22.8. The smallest absolute Gasteiger partial charge is 0.438 e. The van der Waals surface area contributed by atoms with Crippen LogP contribution in [0, 0.1) is 10.8 Å². The minimum absolute atomic E-state index is 0.0387. The predicted molar refractivity (Wildman–Crippen MR) is 143 cm³/mol. The number of ether oxygens (including phenoxy) is 1. The number of nitrogens with one attached hydrogen (secondary N) is 2. The zero-order chi connectivity index (χ0) is 43.0. The van der Waals surface area contributed by atoms with Gasteiger partial charge < -0.3 is 30.5 Å². The van der Waals surface area contributed by atoms with Crippen LogP contribution in [-0.2, 0) is 4.74 Å². The zero-order valence-corrected chi connectivity index (χ0v) is 27.9. The van der Waals surface area contributed by atoms with Gasteiger partial charge in [0.25, 0.3) is 0 Å². The Morgan fingerprint density at radius 1 is 0.685 bits per heavy atom. The van der Waals surface area contributed by atoms with Crippen LogP contribution in [0.1, 0.15) is 46.5 Å². The molecule has 0 spiro atoms. The molecule has 0 aromatic heterocycles. The Balaban J connectivity index is 3.17. The highest BCUT2D eigenvalue weighted by Gasteiger charge is 2.98. The number of rotatable bonds is 16. The van der Waals surface area contributed by atoms with E-state index in [1.165, 1.54) is 0 Å². The average molecular weight is 842 g/mol. The van der Waals surface area contributed by atoms with Crippen molar-refractivity contribution in [1.29, 1.82) is 0 Å². The van der Waals surface area contributed by atoms with Gasteiger partial charge in [0.15, 0.2) is 0 Å². The maximum Gasteiger partial charge on any atom is 0.438 e. The van der Waals surface area contributed by atoms with E-state index >= 15 is 0 Å². The lowest BCUT2D eigenvalue weighted by molar-refractivity contribution is -0.472. The lowest BCUT2D eigenvalue weighted by Gasteiger charge is -2.47. The van der Waals surface area contributed by atoms with Crippen LogP contribution in [-0.4, -0.2) is 126 Å². The SMILES string of the molecule is CC1(C)CC(NC(=O)OCCC(F)(F)C(F)(F)C(F)(F)C(F)(F)C(F)(F)C(F)(F)C(F)(C(F)(F)F)C(F)(F)F)CC(C)(CNC(=O)N(CCO)CCO)C1. The molecule has 0 aromatic carbocycles. The number of hydrogen-bond acceptors (Lipinski definition) is 5. The fourth-order valence-electron chi connectivity index (χ4n) is 6.02. The van der Waals surface area contributed by atoms with Gasteiger partial charge >= 0.3 is 65.7 Å². The molecule has 320 valence electrons. The molecule has 3 amide bonds. The topological polar surface area (TPSA) is 111 Å². The van der Waals surface area contributed by atoms with Crippen molar-refractivity contribution in [2.45, 2.75) is 106 Å². The van der Waals surface area contributed by atoms with E-state index in [0.29, 0.717) is 6.42 Å². The largest absolute Gasteiger partial charge is 0.449 e. The van der Waals surface area contributed by atoms with Crippen molar-refractivity contribution in [2.75, 3.05) is 39.5 Å². The Kier molecular flexibility index (Phi) is 14.2. The van der Waals surface area contributed by atoms with Crippen molar-refractivity contribution in [2.24, 2.45) is 10.8 Å². The third-order valence-corrected chi connectivity index (χ3v) is 8.36. The second kappa shape index (κ2) is 15.6. The van der Waals surface area contributed by atoms with Crippen LogP contribution < -0.4 is 10.6 Å². The van der Waals surface area contributed by atoms with Gasteiger partial charge in [0.05, 0.1) is 26.2 Å². The molecule has 1 rings (SSSR count). The summed E-state index contributed by atoms with van der Waals surface area (Å²) in [5.41, 5.74) is -10.4. The minimum atomic E-state index is -9.12. The van der Waals surface area contributed by atoms with E-state index in [9.17, 15) is 93.0 Å². The van der Waals surface area contributed by atoms with Gasteiger partial charge in [-0.3, -0.25) is 0 Å². The van der Waals surface area contributed by atoms with Crippen molar-refractivity contribution >= 4 is 12.1 Å². The number of carbonyl (C=O) groups excluding carboxylic acids is 2. The Hall–Kier alpha value is -2.87. The first-order valence-corrected chi connectivity index (χ1v) is 15.1. The van der Waals surface area contributed by atoms with Gasteiger partial charge in [-0.1, -0.05) is 20.8 Å². The fraction of sp³-hybridized carbons (Fsp3) is 0.926. The molecule has 2 atom stereocenters. The summed E-state index contributed by atoms with van der Waals surface area (Å²) in [5.74, 6) is -50.8. The van der Waals surface area contributed by atoms with Crippen LogP contribution in [0.4, 0.5) is 93.0 Å². The molecule has 27 heteroatoms. The number of alkyl halides is 19. The maximum atomic E-state index is 14.2. The summed E-state index contributed by atoms with van der Waals surface area (Å²) >= 11 is 0. The second-order valence-corrected chi connectivity index (χ2v) is 13.6. The number of carbonyl (C=O) groups is 2. The fourth-order valence-corrected chi connectivity index (χ4v) is 6.02. The zero-order valence-electron chi connectivity index (χ0n) is 27.9. The summed E-state index contributed by atoms with van der Waals surface area (Å²) in [6.07, 6.45) is -21.2. The molecule has 4 N–H and O–H groups in total. The molecule has 2 unspecified atom stereocenters. The molecule has 8 nitrogen and oxygen atoms in total. The van der Waals surface area contributed by atoms with Gasteiger partial charge in [0.2, 0.25) is 0 Å². The van der Waals surface area contributed by atoms with Gasteiger partial charge in [-0.15, -0.1) is 0 Å². The molecular weight excluding hydrogens is 807 g/mol. The van der Waals surface area contributed by atoms with Crippen molar-refractivity contribution in [3.8, 4) is 0 Å². The van der Waals surface area contributed by atoms with E-state index in [-0.39, 0.29) is 32.5 Å². The van der Waals surface area contributed by atoms with Gasteiger partial charge in [0, 0.05) is 25.7 Å². The molecule has 0 aliphatic heterocycles. The lowest BCUT2D eigenvalue weighted by atomic mass is 9.62. The third-order valence-electron chi connectivity index (χ3n) is 8.36. The van der Waals surface area contributed by atoms with Crippen molar-refractivity contribution < 1.29 is 108 Å². The normalized spacial score (nSPS) is 21.1. The number of urea groups is 1. The van der Waals surface area contributed by atoms with Gasteiger partial charge in [-0.2, -0.15) is 79.0 Å². The highest BCUT2D eigenvalue weighted by Crippen LogP contribution is 2.66. The first-order chi connectivity index (χ1) is 23.8. The number of amides is 3. The quantitative estimate of drug-likeness (QED) is 0.122. The molecule has 0 bridgehead atoms. The van der Waals surface area contributed by atoms with E-state index in [1.54, 1.807) is 20.8 Å². The van der Waals surface area contributed by atoms with E-state index < -0.39 is 109 Å². The summed E-state index contributed by atoms with van der Waals surface area (Å²) in [6.45, 7) is 1.39. The minimum Gasteiger partial charge on any atom is -0.449 e. The molecular formula is C27H34F19N3O5. The first-order valence-electron chi connectivity index (χ1n) is 15.1. The molecule has 0 radical (unpaired) electrons. The van der Waals surface area contributed by atoms with Crippen LogP contribution in [0.15, 0.2) is 0 Å². The highest BCUT2D eigenvalue weighted by atomic mass is 19.4. The monoisotopic (exact) mass is 841 g/mol. The number of halogens is 19. The predicted octanol–water partition coefficient (Wildman–Crippen LogP) is 7.33. The molecule has 0 saturated heterocycles. The summed E-state index contributed by atoms with van der Waals surface area (Å²) in [4.78, 5) is 25.8. The lowest BCUT2D eigenvalue weighted by Crippen LogP contribution is -2.77. The van der Waals surface area contributed by atoms with E-state index in [1.807, 2.05) is 0 Å². The number of hydrogen-bond donors (Lipinski definition) is 4. The van der Waals surface area contributed by atoms with Gasteiger partial charge in [-0.05, 0) is 30.1 Å². The molecule has 1 aliphatic rings. The Labute approximate surface area is 292 Å². The summed E-state index contributed by atoms with van der Waals surface area (Å²) < 4.78 is 262. The van der Waals surface area contributed by atoms with Crippen molar-refractivity contribution in [1.82, 2.24) is 15.5 Å². The van der Waals surface area contributed by atoms with Crippen LogP contribution in [0.25, 0.3) is 0 Å². The molecule has 1 saturated carbocycles. The Bertz CT molecular complexity index is 1290. The standard InChI is InChI=1S/C27H34F19N3O5/c1-17(2)10-14(11-18(3,12-17)13-47-15(52)49(5-7-50)6-8-51)48-16(53)54-9-4-19(28,29)21(31,32)23(35,36)25(39,40)24(37,38)22(33,34)20(30,26(41,42)43)27(44,45)46/h14,50-51H,4-13H2,1-3H3,(H,47,52)(H,48,53). The first kappa shape index (κ1) is 49.1. The Morgan fingerprint density at radius 3 is 1.54 bits per heavy atom. The second-order valence-electron chi connectivity index (χ2n) is 13.6. The van der Waals surface area contributed by atoms with E-state index in [4.69, 9.17) is 10.2 Å². The number of aliphatic hydroxyl groups is 2. The van der Waals surface area contributed by atoms with Crippen molar-refractivity contribution in [3.05, 3.63) is 0 Å². The van der Waals surface area contributed by atoms with Crippen molar-refractivity contribution in [3.63, 3.8) is 0 Å². The highest BCUT2D eigenvalue weighted by molar-refractivity contribution is 5.74. The Morgan fingerprint density at radius 2 is 1.11 bits per heavy atom. The van der Waals surface area contributed by atoms with Crippen LogP contribution in [0.5, 0.6) is 0 Å².